The SMILES string of the molecule is CCNC(C)(CCCC(F)(F)F)CC(=O)OC. The Balaban J connectivity index is 4.25. The van der Waals surface area contributed by atoms with E-state index in [4.69, 9.17) is 0 Å². The molecule has 0 saturated heterocycles. The van der Waals surface area contributed by atoms with E-state index in [1.165, 1.54) is 7.11 Å². The first kappa shape index (κ1) is 16.2. The molecule has 0 aliphatic rings. The van der Waals surface area contributed by atoms with Crippen molar-refractivity contribution in [3.8, 4) is 0 Å². The van der Waals surface area contributed by atoms with Crippen LogP contribution in [-0.2, 0) is 9.53 Å². The average Bonchev–Trinajstić information content (AvgIpc) is 2.15. The van der Waals surface area contributed by atoms with Gasteiger partial charge >= 0.3 is 12.1 Å². The van der Waals surface area contributed by atoms with Crippen LogP contribution in [0.25, 0.3) is 0 Å². The standard InChI is InChI=1S/C11H20F3NO2/c1-4-15-10(2,8-9(16)17-3)6-5-7-11(12,13)14/h15H,4-8H2,1-3H3. The molecule has 0 aromatic rings. The fraction of sp³-hybridized carbons (Fsp3) is 0.909. The van der Waals surface area contributed by atoms with Crippen LogP contribution in [0.3, 0.4) is 0 Å². The number of halogens is 3. The van der Waals surface area contributed by atoms with Gasteiger partial charge in [-0.15, -0.1) is 0 Å². The molecule has 0 amide bonds. The molecule has 1 unspecified atom stereocenters. The smallest absolute Gasteiger partial charge is 0.389 e. The molecule has 0 aromatic carbocycles. The fourth-order valence-electron chi connectivity index (χ4n) is 1.74. The van der Waals surface area contributed by atoms with Crippen LogP contribution in [0, 0.1) is 0 Å². The van der Waals surface area contributed by atoms with E-state index in [-0.39, 0.29) is 19.3 Å². The van der Waals surface area contributed by atoms with E-state index in [0.29, 0.717) is 6.54 Å². The Morgan fingerprint density at radius 1 is 1.29 bits per heavy atom. The van der Waals surface area contributed by atoms with Crippen LogP contribution >= 0.6 is 0 Å². The number of nitrogens with one attached hydrogen (secondary N) is 1. The number of ether oxygens (including phenoxy) is 1. The van der Waals surface area contributed by atoms with E-state index in [2.05, 4.69) is 10.1 Å². The van der Waals surface area contributed by atoms with Crippen LogP contribution in [0.2, 0.25) is 0 Å². The van der Waals surface area contributed by atoms with E-state index in [1.54, 1.807) is 6.92 Å². The fourth-order valence-corrected chi connectivity index (χ4v) is 1.74. The molecule has 17 heavy (non-hydrogen) atoms. The second-order valence-electron chi connectivity index (χ2n) is 4.31. The van der Waals surface area contributed by atoms with Crippen molar-refractivity contribution in [1.29, 1.82) is 0 Å². The lowest BCUT2D eigenvalue weighted by Gasteiger charge is -2.29. The number of rotatable bonds is 7. The summed E-state index contributed by atoms with van der Waals surface area (Å²) in [6.07, 6.45) is -4.60. The van der Waals surface area contributed by atoms with E-state index < -0.39 is 24.1 Å². The van der Waals surface area contributed by atoms with Crippen LogP contribution in [0.4, 0.5) is 13.2 Å². The van der Waals surface area contributed by atoms with Gasteiger partial charge in [0, 0.05) is 12.0 Å². The predicted molar refractivity (Wildman–Crippen MR) is 58.6 cm³/mol. The summed E-state index contributed by atoms with van der Waals surface area (Å²) < 4.78 is 40.6. The second-order valence-corrected chi connectivity index (χ2v) is 4.31. The Morgan fingerprint density at radius 3 is 2.29 bits per heavy atom. The summed E-state index contributed by atoms with van der Waals surface area (Å²) in [6.45, 7) is 4.18. The van der Waals surface area contributed by atoms with Gasteiger partial charge in [0.1, 0.15) is 0 Å². The molecular weight excluding hydrogens is 235 g/mol. The van der Waals surface area contributed by atoms with Gasteiger partial charge in [0.25, 0.3) is 0 Å². The van der Waals surface area contributed by atoms with Crippen molar-refractivity contribution < 1.29 is 22.7 Å². The minimum absolute atomic E-state index is 0.00396. The zero-order valence-electron chi connectivity index (χ0n) is 10.5. The van der Waals surface area contributed by atoms with Crippen LogP contribution in [0.15, 0.2) is 0 Å². The lowest BCUT2D eigenvalue weighted by molar-refractivity contribution is -0.142. The first-order chi connectivity index (χ1) is 7.72. The first-order valence-electron chi connectivity index (χ1n) is 5.61. The molecule has 0 rings (SSSR count). The van der Waals surface area contributed by atoms with Crippen molar-refractivity contribution in [2.75, 3.05) is 13.7 Å². The summed E-state index contributed by atoms with van der Waals surface area (Å²) in [5.74, 6) is -0.416. The quantitative estimate of drug-likeness (QED) is 0.711. The van der Waals surface area contributed by atoms with Gasteiger partial charge in [-0.1, -0.05) is 6.92 Å². The summed E-state index contributed by atoms with van der Waals surface area (Å²) in [7, 11) is 1.27. The Bertz CT molecular complexity index is 243. The Morgan fingerprint density at radius 2 is 1.88 bits per heavy atom. The molecule has 1 atom stereocenters. The normalized spacial score (nSPS) is 15.4. The maximum atomic E-state index is 12.0. The number of carbonyl (C=O) groups is 1. The van der Waals surface area contributed by atoms with Crippen LogP contribution in [0.5, 0.6) is 0 Å². The molecule has 0 bridgehead atoms. The predicted octanol–water partition coefficient (Wildman–Crippen LogP) is 2.65. The summed E-state index contributed by atoms with van der Waals surface area (Å²) in [5, 5.41) is 3.04. The number of carbonyl (C=O) groups excluding carboxylic acids is 1. The first-order valence-corrected chi connectivity index (χ1v) is 5.61. The Labute approximate surface area is 99.7 Å². The van der Waals surface area contributed by atoms with Gasteiger partial charge in [-0.05, 0) is 26.3 Å². The van der Waals surface area contributed by atoms with Crippen LogP contribution < -0.4 is 5.32 Å². The zero-order valence-corrected chi connectivity index (χ0v) is 10.5. The molecule has 0 aromatic heterocycles. The van der Waals surface area contributed by atoms with Crippen molar-refractivity contribution in [3.05, 3.63) is 0 Å². The van der Waals surface area contributed by atoms with E-state index in [1.807, 2.05) is 6.92 Å². The summed E-state index contributed by atoms with van der Waals surface area (Å²) in [5.41, 5.74) is -0.632. The highest BCUT2D eigenvalue weighted by Crippen LogP contribution is 2.26. The van der Waals surface area contributed by atoms with Crippen molar-refractivity contribution in [2.24, 2.45) is 0 Å². The molecule has 0 radical (unpaired) electrons. The number of methoxy groups -OCH3 is 1. The molecule has 0 heterocycles. The number of hydrogen-bond acceptors (Lipinski definition) is 3. The minimum atomic E-state index is -4.14. The van der Waals surface area contributed by atoms with Gasteiger partial charge in [0.05, 0.1) is 13.5 Å². The minimum Gasteiger partial charge on any atom is -0.469 e. The zero-order chi connectivity index (χ0) is 13.5. The molecular formula is C11H20F3NO2. The monoisotopic (exact) mass is 255 g/mol. The van der Waals surface area contributed by atoms with Crippen molar-refractivity contribution in [3.63, 3.8) is 0 Å². The van der Waals surface area contributed by atoms with Gasteiger partial charge in [0.2, 0.25) is 0 Å². The van der Waals surface area contributed by atoms with Crippen molar-refractivity contribution in [2.45, 2.75) is 51.2 Å². The highest BCUT2D eigenvalue weighted by molar-refractivity contribution is 5.70. The third-order valence-electron chi connectivity index (χ3n) is 2.55. The van der Waals surface area contributed by atoms with E-state index in [0.717, 1.165) is 0 Å². The number of esters is 1. The van der Waals surface area contributed by atoms with Gasteiger partial charge in [-0.3, -0.25) is 4.79 Å². The molecule has 0 fully saturated rings. The second kappa shape index (κ2) is 6.83. The topological polar surface area (TPSA) is 38.3 Å². The Kier molecular flexibility index (Phi) is 6.52. The van der Waals surface area contributed by atoms with Crippen LogP contribution in [0.1, 0.15) is 39.5 Å². The van der Waals surface area contributed by atoms with E-state index >= 15 is 0 Å². The van der Waals surface area contributed by atoms with Crippen molar-refractivity contribution in [1.82, 2.24) is 5.32 Å². The summed E-state index contributed by atoms with van der Waals surface area (Å²) in [4.78, 5) is 11.2. The molecule has 6 heteroatoms. The van der Waals surface area contributed by atoms with Crippen LogP contribution in [-0.4, -0.2) is 31.3 Å². The van der Waals surface area contributed by atoms with Gasteiger partial charge < -0.3 is 10.1 Å². The third-order valence-corrected chi connectivity index (χ3v) is 2.55. The molecule has 102 valence electrons. The van der Waals surface area contributed by atoms with Gasteiger partial charge in [0.15, 0.2) is 0 Å². The average molecular weight is 255 g/mol. The van der Waals surface area contributed by atoms with Gasteiger partial charge in [-0.2, -0.15) is 13.2 Å². The molecule has 0 spiro atoms. The molecule has 0 aliphatic carbocycles. The maximum Gasteiger partial charge on any atom is 0.389 e. The highest BCUT2D eigenvalue weighted by Gasteiger charge is 2.31. The third kappa shape index (κ3) is 8.01. The van der Waals surface area contributed by atoms with E-state index in [9.17, 15) is 18.0 Å². The summed E-state index contributed by atoms with van der Waals surface area (Å²) in [6, 6.07) is 0. The molecule has 1 N–H and O–H groups in total. The largest absolute Gasteiger partial charge is 0.469 e. The van der Waals surface area contributed by atoms with Gasteiger partial charge in [-0.25, -0.2) is 0 Å². The summed E-state index contributed by atoms with van der Waals surface area (Å²) >= 11 is 0. The lowest BCUT2D eigenvalue weighted by Crippen LogP contribution is -2.44. The number of hydrogen-bond donors (Lipinski definition) is 1. The molecule has 0 saturated carbocycles. The number of alkyl halides is 3. The molecule has 3 nitrogen and oxygen atoms in total. The van der Waals surface area contributed by atoms with Crippen molar-refractivity contribution >= 4 is 5.97 Å². The highest BCUT2D eigenvalue weighted by atomic mass is 19.4. The lowest BCUT2D eigenvalue weighted by atomic mass is 9.91. The molecule has 0 aliphatic heterocycles. The maximum absolute atomic E-state index is 12.0. The Hall–Kier alpha value is -0.780.